The van der Waals surface area contributed by atoms with Crippen molar-refractivity contribution in [3.63, 3.8) is 0 Å². The third-order valence-corrected chi connectivity index (χ3v) is 4.45. The van der Waals surface area contributed by atoms with E-state index in [1.807, 2.05) is 13.8 Å². The average Bonchev–Trinajstić information content (AvgIpc) is 2.47. The molecule has 1 fully saturated rings. The van der Waals surface area contributed by atoms with E-state index in [2.05, 4.69) is 26.1 Å². The summed E-state index contributed by atoms with van der Waals surface area (Å²) in [6.07, 6.45) is 13.2. The molecule has 0 aromatic carbocycles. The Balaban J connectivity index is 0.00000172. The van der Waals surface area contributed by atoms with Crippen LogP contribution in [0, 0.1) is 17.8 Å². The average molecular weight is 284 g/mol. The van der Waals surface area contributed by atoms with Crippen molar-refractivity contribution in [1.29, 1.82) is 0 Å². The van der Waals surface area contributed by atoms with Crippen LogP contribution in [0.3, 0.4) is 0 Å². The lowest BCUT2D eigenvalue weighted by atomic mass is 9.76. The lowest BCUT2D eigenvalue weighted by Gasteiger charge is -2.32. The van der Waals surface area contributed by atoms with Gasteiger partial charge in [0.2, 0.25) is 0 Å². The molecule has 20 heavy (non-hydrogen) atoms. The molecule has 1 nitrogen and oxygen atoms in total. The fourth-order valence-corrected chi connectivity index (χ4v) is 3.32. The summed E-state index contributed by atoms with van der Waals surface area (Å²) in [5.74, 6) is 2.78. The van der Waals surface area contributed by atoms with E-state index in [0.717, 1.165) is 17.8 Å². The molecule has 0 aromatic heterocycles. The van der Waals surface area contributed by atoms with Crippen molar-refractivity contribution in [3.8, 4) is 0 Å². The molecule has 1 saturated carbocycles. The first-order valence-electron chi connectivity index (χ1n) is 9.44. The molecule has 0 bridgehead atoms. The van der Waals surface area contributed by atoms with E-state index in [-0.39, 0.29) is 0 Å². The number of unbranched alkanes of at least 4 members (excludes halogenated alkanes) is 3. The largest absolute Gasteiger partial charge is 0.316 e. The predicted molar refractivity (Wildman–Crippen MR) is 93.3 cm³/mol. The van der Waals surface area contributed by atoms with Crippen molar-refractivity contribution in [2.75, 3.05) is 13.1 Å². The van der Waals surface area contributed by atoms with Gasteiger partial charge in [-0.15, -0.1) is 0 Å². The molecule has 0 spiro atoms. The second kappa shape index (κ2) is 13.9. The molecule has 1 aliphatic carbocycles. The standard InChI is InChI=1S/C17H35N.C2H6/c1-4-5-6-7-10-16-11-8-9-12-17(16)14-18-13-15(2)3;1-2/h15-18H,4-14H2,1-3H3;1-2H3. The molecule has 0 aliphatic heterocycles. The van der Waals surface area contributed by atoms with Crippen LogP contribution >= 0.6 is 0 Å². The molecule has 0 amide bonds. The summed E-state index contributed by atoms with van der Waals surface area (Å²) in [5.41, 5.74) is 0. The third kappa shape index (κ3) is 9.80. The Morgan fingerprint density at radius 1 is 0.950 bits per heavy atom. The first-order chi connectivity index (χ1) is 9.74. The van der Waals surface area contributed by atoms with Crippen LogP contribution < -0.4 is 5.32 Å². The van der Waals surface area contributed by atoms with Crippen LogP contribution in [0.1, 0.15) is 92.4 Å². The third-order valence-electron chi connectivity index (χ3n) is 4.45. The van der Waals surface area contributed by atoms with Gasteiger partial charge in [0.05, 0.1) is 0 Å². The molecule has 2 unspecified atom stereocenters. The highest BCUT2D eigenvalue weighted by atomic mass is 14.9. The zero-order chi connectivity index (χ0) is 15.2. The summed E-state index contributed by atoms with van der Waals surface area (Å²) < 4.78 is 0. The van der Waals surface area contributed by atoms with Gasteiger partial charge in [-0.25, -0.2) is 0 Å². The Bertz CT molecular complexity index is 188. The van der Waals surface area contributed by atoms with Crippen molar-refractivity contribution in [2.24, 2.45) is 17.8 Å². The Morgan fingerprint density at radius 2 is 1.60 bits per heavy atom. The fourth-order valence-electron chi connectivity index (χ4n) is 3.32. The van der Waals surface area contributed by atoms with Gasteiger partial charge in [-0.2, -0.15) is 0 Å². The Hall–Kier alpha value is -0.0400. The van der Waals surface area contributed by atoms with Crippen LogP contribution in [-0.4, -0.2) is 13.1 Å². The van der Waals surface area contributed by atoms with Crippen LogP contribution in [0.5, 0.6) is 0 Å². The van der Waals surface area contributed by atoms with E-state index in [9.17, 15) is 0 Å². The maximum atomic E-state index is 3.69. The van der Waals surface area contributed by atoms with E-state index in [0.29, 0.717) is 0 Å². The van der Waals surface area contributed by atoms with Crippen molar-refractivity contribution in [3.05, 3.63) is 0 Å². The van der Waals surface area contributed by atoms with Crippen LogP contribution in [-0.2, 0) is 0 Å². The summed E-state index contributed by atoms with van der Waals surface area (Å²) in [5, 5.41) is 3.69. The van der Waals surface area contributed by atoms with Gasteiger partial charge in [-0.1, -0.05) is 86.0 Å². The van der Waals surface area contributed by atoms with Gasteiger partial charge in [0.1, 0.15) is 0 Å². The second-order valence-electron chi connectivity index (χ2n) is 6.71. The molecular formula is C19H41N. The summed E-state index contributed by atoms with van der Waals surface area (Å²) >= 11 is 0. The van der Waals surface area contributed by atoms with Crippen molar-refractivity contribution >= 4 is 0 Å². The molecule has 1 rings (SSSR count). The minimum absolute atomic E-state index is 0.789. The van der Waals surface area contributed by atoms with E-state index >= 15 is 0 Å². The molecule has 0 heterocycles. The molecule has 122 valence electrons. The van der Waals surface area contributed by atoms with Gasteiger partial charge < -0.3 is 5.32 Å². The Morgan fingerprint density at radius 3 is 2.20 bits per heavy atom. The topological polar surface area (TPSA) is 12.0 Å². The van der Waals surface area contributed by atoms with E-state index < -0.39 is 0 Å². The lowest BCUT2D eigenvalue weighted by molar-refractivity contribution is 0.211. The van der Waals surface area contributed by atoms with Crippen LogP contribution in [0.15, 0.2) is 0 Å². The maximum absolute atomic E-state index is 3.69. The second-order valence-corrected chi connectivity index (χ2v) is 6.71. The summed E-state index contributed by atoms with van der Waals surface area (Å²) in [6.45, 7) is 13.4. The minimum atomic E-state index is 0.789. The van der Waals surface area contributed by atoms with Gasteiger partial charge in [0.15, 0.2) is 0 Å². The number of hydrogen-bond donors (Lipinski definition) is 1. The van der Waals surface area contributed by atoms with Gasteiger partial charge in [-0.05, 0) is 37.3 Å². The molecule has 0 aromatic rings. The molecule has 0 saturated heterocycles. The van der Waals surface area contributed by atoms with E-state index in [1.54, 1.807) is 0 Å². The quantitative estimate of drug-likeness (QED) is 0.509. The molecule has 1 aliphatic rings. The van der Waals surface area contributed by atoms with Crippen LogP contribution in [0.25, 0.3) is 0 Å². The normalized spacial score (nSPS) is 22.5. The van der Waals surface area contributed by atoms with Crippen molar-refractivity contribution < 1.29 is 0 Å². The van der Waals surface area contributed by atoms with Crippen LogP contribution in [0.2, 0.25) is 0 Å². The van der Waals surface area contributed by atoms with E-state index in [1.165, 1.54) is 70.9 Å². The zero-order valence-electron chi connectivity index (χ0n) is 15.0. The predicted octanol–water partition coefficient (Wildman–Crippen LogP) is 6.04. The van der Waals surface area contributed by atoms with E-state index in [4.69, 9.17) is 0 Å². The Kier molecular flexibility index (Phi) is 13.9. The highest BCUT2D eigenvalue weighted by Gasteiger charge is 2.24. The number of rotatable bonds is 9. The summed E-state index contributed by atoms with van der Waals surface area (Å²) in [6, 6.07) is 0. The maximum Gasteiger partial charge on any atom is -0.00178 e. The first-order valence-corrected chi connectivity index (χ1v) is 9.44. The van der Waals surface area contributed by atoms with Gasteiger partial charge in [-0.3, -0.25) is 0 Å². The summed E-state index contributed by atoms with van der Waals surface area (Å²) in [7, 11) is 0. The highest BCUT2D eigenvalue weighted by molar-refractivity contribution is 4.77. The van der Waals surface area contributed by atoms with Crippen molar-refractivity contribution in [1.82, 2.24) is 5.32 Å². The van der Waals surface area contributed by atoms with Crippen molar-refractivity contribution in [2.45, 2.75) is 92.4 Å². The SMILES string of the molecule is CC.CCCCCCC1CCCCC1CNCC(C)C. The molecular weight excluding hydrogens is 242 g/mol. The smallest absolute Gasteiger partial charge is 0.00178 e. The molecule has 0 radical (unpaired) electrons. The van der Waals surface area contributed by atoms with Gasteiger partial charge >= 0.3 is 0 Å². The first kappa shape index (κ1) is 20.0. The van der Waals surface area contributed by atoms with Gasteiger partial charge in [0, 0.05) is 0 Å². The minimum Gasteiger partial charge on any atom is -0.316 e. The van der Waals surface area contributed by atoms with Crippen LogP contribution in [0.4, 0.5) is 0 Å². The highest BCUT2D eigenvalue weighted by Crippen LogP contribution is 2.33. The Labute approximate surface area is 129 Å². The molecule has 2 atom stereocenters. The summed E-state index contributed by atoms with van der Waals surface area (Å²) in [4.78, 5) is 0. The van der Waals surface area contributed by atoms with Gasteiger partial charge in [0.25, 0.3) is 0 Å². The lowest BCUT2D eigenvalue weighted by Crippen LogP contribution is -2.32. The molecule has 1 heteroatoms. The fraction of sp³-hybridized carbons (Fsp3) is 1.00. The number of hydrogen-bond acceptors (Lipinski definition) is 1. The monoisotopic (exact) mass is 283 g/mol. The number of nitrogens with one attached hydrogen (secondary N) is 1. The molecule has 1 N–H and O–H groups in total. The zero-order valence-corrected chi connectivity index (χ0v) is 15.0.